The fourth-order valence-corrected chi connectivity index (χ4v) is 1.85. The Bertz CT molecular complexity index is 613. The van der Waals surface area contributed by atoms with Gasteiger partial charge < -0.3 is 4.74 Å². The van der Waals surface area contributed by atoms with Crippen molar-refractivity contribution < 1.29 is 9.66 Å². The van der Waals surface area contributed by atoms with E-state index in [0.717, 1.165) is 5.56 Å². The lowest BCUT2D eigenvalue weighted by atomic mass is 10.2. The van der Waals surface area contributed by atoms with Crippen molar-refractivity contribution in [3.05, 3.63) is 63.7 Å². The normalized spacial score (nSPS) is 10.2. The standard InChI is InChI=1S/C14H12ClNO3/c1-10-7-12(16(17)18)5-6-14(10)19-13-4-2-3-11(8-13)9-15/h2-8H,9H2,1H3. The fourth-order valence-electron chi connectivity index (χ4n) is 1.68. The number of benzene rings is 2. The third kappa shape index (κ3) is 3.23. The maximum absolute atomic E-state index is 10.7. The molecule has 0 atom stereocenters. The van der Waals surface area contributed by atoms with Crippen molar-refractivity contribution in [1.82, 2.24) is 0 Å². The number of rotatable bonds is 4. The lowest BCUT2D eigenvalue weighted by molar-refractivity contribution is -0.384. The highest BCUT2D eigenvalue weighted by Crippen LogP contribution is 2.28. The van der Waals surface area contributed by atoms with Crippen molar-refractivity contribution in [2.24, 2.45) is 0 Å². The smallest absolute Gasteiger partial charge is 0.269 e. The summed E-state index contributed by atoms with van der Waals surface area (Å²) in [6, 6.07) is 11.9. The molecule has 0 N–H and O–H groups in total. The predicted molar refractivity (Wildman–Crippen MR) is 73.9 cm³/mol. The highest BCUT2D eigenvalue weighted by molar-refractivity contribution is 6.17. The molecule has 0 fully saturated rings. The lowest BCUT2D eigenvalue weighted by Crippen LogP contribution is -1.92. The number of nitrogens with zero attached hydrogens (tertiary/aromatic N) is 1. The zero-order chi connectivity index (χ0) is 13.8. The zero-order valence-electron chi connectivity index (χ0n) is 10.3. The Balaban J connectivity index is 2.25. The Morgan fingerprint density at radius 3 is 2.68 bits per heavy atom. The Morgan fingerprint density at radius 1 is 1.26 bits per heavy atom. The van der Waals surface area contributed by atoms with Crippen molar-refractivity contribution in [3.8, 4) is 11.5 Å². The number of ether oxygens (including phenoxy) is 1. The van der Waals surface area contributed by atoms with Gasteiger partial charge in [-0.1, -0.05) is 12.1 Å². The van der Waals surface area contributed by atoms with Crippen LogP contribution in [0.2, 0.25) is 0 Å². The molecule has 0 bridgehead atoms. The number of nitro groups is 1. The van der Waals surface area contributed by atoms with E-state index in [9.17, 15) is 10.1 Å². The molecular formula is C14H12ClNO3. The number of nitro benzene ring substituents is 1. The lowest BCUT2D eigenvalue weighted by Gasteiger charge is -2.09. The van der Waals surface area contributed by atoms with Crippen LogP contribution in [0.15, 0.2) is 42.5 Å². The van der Waals surface area contributed by atoms with Gasteiger partial charge in [-0.05, 0) is 36.2 Å². The average Bonchev–Trinajstić information content (AvgIpc) is 2.41. The first-order valence-corrected chi connectivity index (χ1v) is 6.21. The van der Waals surface area contributed by atoms with E-state index in [2.05, 4.69) is 0 Å². The summed E-state index contributed by atoms with van der Waals surface area (Å²) in [6.07, 6.45) is 0. The van der Waals surface area contributed by atoms with Crippen LogP contribution in [0.3, 0.4) is 0 Å². The minimum atomic E-state index is -0.426. The van der Waals surface area contributed by atoms with Gasteiger partial charge in [0.25, 0.3) is 5.69 Å². The van der Waals surface area contributed by atoms with Crippen LogP contribution in [0.4, 0.5) is 5.69 Å². The second-order valence-electron chi connectivity index (χ2n) is 4.09. The molecule has 0 spiro atoms. The molecule has 2 rings (SSSR count). The second-order valence-corrected chi connectivity index (χ2v) is 4.36. The van der Waals surface area contributed by atoms with E-state index in [1.165, 1.54) is 12.1 Å². The molecular weight excluding hydrogens is 266 g/mol. The quantitative estimate of drug-likeness (QED) is 0.472. The van der Waals surface area contributed by atoms with Gasteiger partial charge in [-0.3, -0.25) is 10.1 Å². The third-order valence-electron chi connectivity index (χ3n) is 2.65. The van der Waals surface area contributed by atoms with E-state index in [1.54, 1.807) is 13.0 Å². The van der Waals surface area contributed by atoms with Gasteiger partial charge in [0.1, 0.15) is 11.5 Å². The molecule has 0 radical (unpaired) electrons. The van der Waals surface area contributed by atoms with Gasteiger partial charge >= 0.3 is 0 Å². The SMILES string of the molecule is Cc1cc([N+](=O)[O-])ccc1Oc1cccc(CCl)c1. The van der Waals surface area contributed by atoms with Crippen LogP contribution < -0.4 is 4.74 Å². The van der Waals surface area contributed by atoms with Crippen LogP contribution in [0.25, 0.3) is 0 Å². The van der Waals surface area contributed by atoms with Crippen LogP contribution in [-0.4, -0.2) is 4.92 Å². The summed E-state index contributed by atoms with van der Waals surface area (Å²) in [4.78, 5) is 10.2. The van der Waals surface area contributed by atoms with Crippen LogP contribution in [0.1, 0.15) is 11.1 Å². The summed E-state index contributed by atoms with van der Waals surface area (Å²) in [5.74, 6) is 1.67. The summed E-state index contributed by atoms with van der Waals surface area (Å²) >= 11 is 5.76. The first kappa shape index (κ1) is 13.4. The van der Waals surface area contributed by atoms with E-state index in [1.807, 2.05) is 24.3 Å². The summed E-state index contributed by atoms with van der Waals surface area (Å²) < 4.78 is 5.71. The summed E-state index contributed by atoms with van der Waals surface area (Å²) in [5.41, 5.74) is 1.73. The summed E-state index contributed by atoms with van der Waals surface area (Å²) in [6.45, 7) is 1.77. The van der Waals surface area contributed by atoms with Gasteiger partial charge in [-0.2, -0.15) is 0 Å². The van der Waals surface area contributed by atoms with Crippen LogP contribution in [0.5, 0.6) is 11.5 Å². The van der Waals surface area contributed by atoms with Gasteiger partial charge in [0.15, 0.2) is 0 Å². The first-order chi connectivity index (χ1) is 9.10. The van der Waals surface area contributed by atoms with Gasteiger partial charge in [0.2, 0.25) is 0 Å². The van der Waals surface area contributed by atoms with Crippen molar-refractivity contribution in [3.63, 3.8) is 0 Å². The second kappa shape index (κ2) is 5.71. The molecule has 4 nitrogen and oxygen atoms in total. The minimum Gasteiger partial charge on any atom is -0.457 e. The molecule has 2 aromatic carbocycles. The van der Waals surface area contributed by atoms with Gasteiger partial charge in [0.05, 0.1) is 4.92 Å². The van der Waals surface area contributed by atoms with E-state index >= 15 is 0 Å². The fraction of sp³-hybridized carbons (Fsp3) is 0.143. The van der Waals surface area contributed by atoms with E-state index in [0.29, 0.717) is 22.9 Å². The van der Waals surface area contributed by atoms with E-state index in [4.69, 9.17) is 16.3 Å². The molecule has 0 aliphatic rings. The largest absolute Gasteiger partial charge is 0.457 e. The Kier molecular flexibility index (Phi) is 4.02. The summed E-state index contributed by atoms with van der Waals surface area (Å²) in [7, 11) is 0. The minimum absolute atomic E-state index is 0.0550. The number of alkyl halides is 1. The van der Waals surface area contributed by atoms with Crippen molar-refractivity contribution in [2.75, 3.05) is 0 Å². The maximum atomic E-state index is 10.7. The molecule has 0 aliphatic heterocycles. The van der Waals surface area contributed by atoms with E-state index in [-0.39, 0.29) is 5.69 Å². The van der Waals surface area contributed by atoms with Crippen LogP contribution in [0, 0.1) is 17.0 Å². The molecule has 98 valence electrons. The number of halogens is 1. The monoisotopic (exact) mass is 277 g/mol. The molecule has 5 heteroatoms. The van der Waals surface area contributed by atoms with Crippen LogP contribution in [-0.2, 0) is 5.88 Å². The molecule has 0 aromatic heterocycles. The van der Waals surface area contributed by atoms with E-state index < -0.39 is 4.92 Å². The highest BCUT2D eigenvalue weighted by Gasteiger charge is 2.09. The molecule has 0 amide bonds. The summed E-state index contributed by atoms with van der Waals surface area (Å²) in [5, 5.41) is 10.7. The topological polar surface area (TPSA) is 52.4 Å². The number of hydrogen-bond donors (Lipinski definition) is 0. The molecule has 2 aromatic rings. The Labute approximate surface area is 115 Å². The number of hydrogen-bond acceptors (Lipinski definition) is 3. The number of aryl methyl sites for hydroxylation is 1. The number of non-ortho nitro benzene ring substituents is 1. The third-order valence-corrected chi connectivity index (χ3v) is 2.96. The molecule has 0 heterocycles. The van der Waals surface area contributed by atoms with Crippen LogP contribution >= 0.6 is 11.6 Å². The molecule has 0 saturated carbocycles. The van der Waals surface area contributed by atoms with Gasteiger partial charge in [-0.25, -0.2) is 0 Å². The highest BCUT2D eigenvalue weighted by atomic mass is 35.5. The Hall–Kier alpha value is -2.07. The molecule has 19 heavy (non-hydrogen) atoms. The van der Waals surface area contributed by atoms with Gasteiger partial charge in [-0.15, -0.1) is 11.6 Å². The van der Waals surface area contributed by atoms with Crippen molar-refractivity contribution in [2.45, 2.75) is 12.8 Å². The van der Waals surface area contributed by atoms with Gasteiger partial charge in [0, 0.05) is 18.0 Å². The molecule has 0 unspecified atom stereocenters. The van der Waals surface area contributed by atoms with Crippen molar-refractivity contribution in [1.29, 1.82) is 0 Å². The molecule has 0 saturated heterocycles. The van der Waals surface area contributed by atoms with Crippen molar-refractivity contribution >= 4 is 17.3 Å². The predicted octanol–water partition coefficient (Wildman–Crippen LogP) is 4.43. The maximum Gasteiger partial charge on any atom is 0.269 e. The first-order valence-electron chi connectivity index (χ1n) is 5.68. The zero-order valence-corrected chi connectivity index (χ0v) is 11.1. The Morgan fingerprint density at radius 2 is 2.05 bits per heavy atom. The average molecular weight is 278 g/mol. The molecule has 0 aliphatic carbocycles.